The maximum Gasteiger partial charge on any atom is 0.0349 e. The van der Waals surface area contributed by atoms with E-state index >= 15 is 0 Å². The summed E-state index contributed by atoms with van der Waals surface area (Å²) in [5, 5.41) is 0. The van der Waals surface area contributed by atoms with Crippen LogP contribution in [0.4, 0.5) is 0 Å². The molecule has 3 heteroatoms. The monoisotopic (exact) mass is 282 g/mol. The van der Waals surface area contributed by atoms with Gasteiger partial charge in [0, 0.05) is 16.5 Å². The van der Waals surface area contributed by atoms with E-state index in [2.05, 4.69) is 53.5 Å². The maximum absolute atomic E-state index is 2.48. The molecule has 0 spiro atoms. The first-order valence-electron chi connectivity index (χ1n) is 4.53. The molecule has 0 radical (unpaired) electrons. The van der Waals surface area contributed by atoms with Crippen LogP contribution in [0.1, 0.15) is 12.8 Å². The molecule has 1 saturated heterocycles. The molecule has 0 aliphatic carbocycles. The minimum Gasteiger partial charge on any atom is -0.304 e. The minimum atomic E-state index is 0.468. The van der Waals surface area contributed by atoms with E-state index in [0.29, 0.717) is 5.54 Å². The number of hydrogen-bond donors (Lipinski definition) is 0. The second-order valence-electron chi connectivity index (χ2n) is 4.05. The fraction of sp³-hybridized carbons (Fsp3) is 1.00. The van der Waals surface area contributed by atoms with Gasteiger partial charge in [-0.15, -0.1) is 0 Å². The third-order valence-corrected chi connectivity index (χ3v) is 3.57. The van der Waals surface area contributed by atoms with E-state index in [1.165, 1.54) is 30.4 Å². The van der Waals surface area contributed by atoms with Crippen molar-refractivity contribution < 1.29 is 0 Å². The van der Waals surface area contributed by atoms with Crippen LogP contribution < -0.4 is 0 Å². The number of halogens is 1. The molecular weight excluding hydrogens is 263 g/mol. The van der Waals surface area contributed by atoms with Gasteiger partial charge in [-0.05, 0) is 40.5 Å². The molecule has 0 amide bonds. The Hall–Kier alpha value is 0.650. The SMILES string of the molecule is CN1CCC(CCI)(N(C)C)C1. The second kappa shape index (κ2) is 4.24. The Morgan fingerprint density at radius 1 is 1.50 bits per heavy atom. The molecule has 72 valence electrons. The van der Waals surface area contributed by atoms with Crippen molar-refractivity contribution in [2.45, 2.75) is 18.4 Å². The van der Waals surface area contributed by atoms with Gasteiger partial charge in [0.05, 0.1) is 0 Å². The van der Waals surface area contributed by atoms with Crippen LogP contribution in [-0.4, -0.2) is 54.0 Å². The molecule has 0 aromatic rings. The molecule has 1 unspecified atom stereocenters. The summed E-state index contributed by atoms with van der Waals surface area (Å²) in [5.41, 5.74) is 0.468. The van der Waals surface area contributed by atoms with Gasteiger partial charge in [0.15, 0.2) is 0 Å². The molecule has 1 heterocycles. The third kappa shape index (κ3) is 2.12. The zero-order valence-electron chi connectivity index (χ0n) is 8.31. The second-order valence-corrected chi connectivity index (χ2v) is 5.12. The molecule has 1 aliphatic heterocycles. The van der Waals surface area contributed by atoms with E-state index < -0.39 is 0 Å². The Morgan fingerprint density at radius 3 is 2.50 bits per heavy atom. The molecule has 0 aromatic carbocycles. The van der Waals surface area contributed by atoms with Crippen LogP contribution in [0.25, 0.3) is 0 Å². The standard InChI is InChI=1S/C9H19IN2/c1-11(2)9(4-6-10)5-7-12(3)8-9/h4-8H2,1-3H3. The van der Waals surface area contributed by atoms with Gasteiger partial charge in [0.25, 0.3) is 0 Å². The van der Waals surface area contributed by atoms with Gasteiger partial charge in [-0.1, -0.05) is 22.6 Å². The lowest BCUT2D eigenvalue weighted by atomic mass is 9.94. The predicted molar refractivity (Wildman–Crippen MR) is 62.0 cm³/mol. The summed E-state index contributed by atoms with van der Waals surface area (Å²) in [5.74, 6) is 0. The van der Waals surface area contributed by atoms with E-state index in [1.54, 1.807) is 0 Å². The first-order chi connectivity index (χ1) is 5.60. The van der Waals surface area contributed by atoms with Crippen molar-refractivity contribution in [1.29, 1.82) is 0 Å². The summed E-state index contributed by atoms with van der Waals surface area (Å²) in [6, 6.07) is 0. The largest absolute Gasteiger partial charge is 0.304 e. The first kappa shape index (κ1) is 10.7. The highest BCUT2D eigenvalue weighted by Gasteiger charge is 2.37. The van der Waals surface area contributed by atoms with Crippen LogP contribution in [0, 0.1) is 0 Å². The number of alkyl halides is 1. The maximum atomic E-state index is 2.48. The van der Waals surface area contributed by atoms with Gasteiger partial charge in [0.2, 0.25) is 0 Å². The lowest BCUT2D eigenvalue weighted by molar-refractivity contribution is 0.155. The van der Waals surface area contributed by atoms with E-state index in [9.17, 15) is 0 Å². The molecule has 0 aromatic heterocycles. The molecule has 2 nitrogen and oxygen atoms in total. The van der Waals surface area contributed by atoms with Gasteiger partial charge in [-0.25, -0.2) is 0 Å². The summed E-state index contributed by atoms with van der Waals surface area (Å²) < 4.78 is 1.27. The lowest BCUT2D eigenvalue weighted by Crippen LogP contribution is -2.46. The third-order valence-electron chi connectivity index (χ3n) is 3.03. The summed E-state index contributed by atoms with van der Waals surface area (Å²) in [4.78, 5) is 4.85. The van der Waals surface area contributed by atoms with Crippen LogP contribution in [0.15, 0.2) is 0 Å². The summed E-state index contributed by atoms with van der Waals surface area (Å²) >= 11 is 2.48. The van der Waals surface area contributed by atoms with Gasteiger partial charge in [-0.2, -0.15) is 0 Å². The molecule has 0 N–H and O–H groups in total. The van der Waals surface area contributed by atoms with E-state index in [1.807, 2.05) is 0 Å². The van der Waals surface area contributed by atoms with Crippen molar-refractivity contribution in [1.82, 2.24) is 9.80 Å². The van der Waals surface area contributed by atoms with Gasteiger partial charge < -0.3 is 9.80 Å². The van der Waals surface area contributed by atoms with Crippen molar-refractivity contribution in [3.8, 4) is 0 Å². The van der Waals surface area contributed by atoms with E-state index in [4.69, 9.17) is 0 Å². The molecule has 0 saturated carbocycles. The molecule has 1 aliphatic rings. The van der Waals surface area contributed by atoms with Crippen LogP contribution in [-0.2, 0) is 0 Å². The fourth-order valence-corrected chi connectivity index (χ4v) is 3.03. The smallest absolute Gasteiger partial charge is 0.0349 e. The Labute approximate surface area is 89.4 Å². The van der Waals surface area contributed by atoms with Crippen LogP contribution in [0.3, 0.4) is 0 Å². The normalized spacial score (nSPS) is 31.8. The van der Waals surface area contributed by atoms with Crippen molar-refractivity contribution in [2.24, 2.45) is 0 Å². The van der Waals surface area contributed by atoms with Crippen LogP contribution >= 0.6 is 22.6 Å². The Morgan fingerprint density at radius 2 is 2.17 bits per heavy atom. The summed E-state index contributed by atoms with van der Waals surface area (Å²) in [6.07, 6.45) is 2.66. The van der Waals surface area contributed by atoms with Crippen LogP contribution in [0.5, 0.6) is 0 Å². The van der Waals surface area contributed by atoms with Gasteiger partial charge in [0.1, 0.15) is 0 Å². The number of hydrogen-bond acceptors (Lipinski definition) is 2. The quantitative estimate of drug-likeness (QED) is 0.571. The molecular formula is C9H19IN2. The lowest BCUT2D eigenvalue weighted by Gasteiger charge is -2.35. The molecule has 12 heavy (non-hydrogen) atoms. The molecule has 1 atom stereocenters. The zero-order valence-corrected chi connectivity index (χ0v) is 10.5. The Balaban J connectivity index is 2.61. The van der Waals surface area contributed by atoms with E-state index in [-0.39, 0.29) is 0 Å². The molecule has 1 fully saturated rings. The Bertz CT molecular complexity index is 145. The Kier molecular flexibility index (Phi) is 3.79. The van der Waals surface area contributed by atoms with Crippen LogP contribution in [0.2, 0.25) is 0 Å². The highest BCUT2D eigenvalue weighted by atomic mass is 127. The minimum absolute atomic E-state index is 0.468. The van der Waals surface area contributed by atoms with Gasteiger partial charge in [-0.3, -0.25) is 0 Å². The predicted octanol–water partition coefficient (Wildman–Crippen LogP) is 1.45. The average molecular weight is 282 g/mol. The molecule has 1 rings (SSSR count). The summed E-state index contributed by atoms with van der Waals surface area (Å²) in [6.45, 7) is 2.50. The highest BCUT2D eigenvalue weighted by Crippen LogP contribution is 2.29. The first-order valence-corrected chi connectivity index (χ1v) is 6.05. The number of rotatable bonds is 3. The van der Waals surface area contributed by atoms with Gasteiger partial charge >= 0.3 is 0 Å². The highest BCUT2D eigenvalue weighted by molar-refractivity contribution is 14.1. The van der Waals surface area contributed by atoms with Crippen molar-refractivity contribution in [2.75, 3.05) is 38.7 Å². The zero-order chi connectivity index (χ0) is 9.19. The molecule has 0 bridgehead atoms. The number of likely N-dealkylation sites (tertiary alicyclic amines) is 1. The summed E-state index contributed by atoms with van der Waals surface area (Å²) in [7, 11) is 6.65. The van der Waals surface area contributed by atoms with Crippen molar-refractivity contribution in [3.63, 3.8) is 0 Å². The number of nitrogens with zero attached hydrogens (tertiary/aromatic N) is 2. The topological polar surface area (TPSA) is 6.48 Å². The van der Waals surface area contributed by atoms with Crippen molar-refractivity contribution >= 4 is 22.6 Å². The fourth-order valence-electron chi connectivity index (χ4n) is 2.03. The van der Waals surface area contributed by atoms with Crippen molar-refractivity contribution in [3.05, 3.63) is 0 Å². The average Bonchev–Trinajstić information content (AvgIpc) is 2.34. The number of likely N-dealkylation sites (N-methyl/N-ethyl adjacent to an activating group) is 2. The van der Waals surface area contributed by atoms with E-state index in [0.717, 1.165) is 0 Å².